The van der Waals surface area contributed by atoms with Crippen molar-refractivity contribution < 1.29 is 4.92 Å². The number of nitro benzene ring substituents is 1. The summed E-state index contributed by atoms with van der Waals surface area (Å²) in [5.41, 5.74) is 3.89. The Morgan fingerprint density at radius 3 is 2.90 bits per heavy atom. The maximum atomic E-state index is 10.8. The molecular formula is C17H18N2O2. The first-order chi connectivity index (χ1) is 10.2. The summed E-state index contributed by atoms with van der Waals surface area (Å²) in [5, 5.41) is 14.3. The predicted octanol–water partition coefficient (Wildman–Crippen LogP) is 3.76. The van der Waals surface area contributed by atoms with Crippen LogP contribution in [0.1, 0.15) is 35.6 Å². The molecule has 108 valence electrons. The van der Waals surface area contributed by atoms with Gasteiger partial charge in [-0.2, -0.15) is 0 Å². The van der Waals surface area contributed by atoms with Crippen LogP contribution in [0.3, 0.4) is 0 Å². The van der Waals surface area contributed by atoms with Crippen molar-refractivity contribution in [2.75, 3.05) is 0 Å². The average Bonchev–Trinajstić information content (AvgIpc) is 2.53. The van der Waals surface area contributed by atoms with Crippen molar-refractivity contribution in [3.05, 3.63) is 75.3 Å². The van der Waals surface area contributed by atoms with Gasteiger partial charge in [-0.05, 0) is 36.0 Å². The number of non-ortho nitro benzene ring substituents is 1. The number of hydrogen-bond donors (Lipinski definition) is 1. The Labute approximate surface area is 124 Å². The number of nitro groups is 1. The van der Waals surface area contributed by atoms with Crippen molar-refractivity contribution >= 4 is 5.69 Å². The molecule has 0 aliphatic heterocycles. The lowest BCUT2D eigenvalue weighted by Gasteiger charge is -2.26. The van der Waals surface area contributed by atoms with Gasteiger partial charge in [-0.3, -0.25) is 10.1 Å². The van der Waals surface area contributed by atoms with E-state index in [0.717, 1.165) is 18.4 Å². The van der Waals surface area contributed by atoms with E-state index >= 15 is 0 Å². The number of fused-ring (bicyclic) bond motifs is 1. The van der Waals surface area contributed by atoms with Crippen LogP contribution in [0.2, 0.25) is 0 Å². The minimum atomic E-state index is -0.348. The number of rotatable bonds is 4. The van der Waals surface area contributed by atoms with E-state index in [9.17, 15) is 10.1 Å². The second-order valence-electron chi connectivity index (χ2n) is 5.45. The highest BCUT2D eigenvalue weighted by Crippen LogP contribution is 2.29. The molecule has 2 aromatic carbocycles. The smallest absolute Gasteiger partial charge is 0.269 e. The molecule has 0 radical (unpaired) electrons. The molecule has 1 aliphatic carbocycles. The Hall–Kier alpha value is -2.20. The van der Waals surface area contributed by atoms with Gasteiger partial charge >= 0.3 is 0 Å². The van der Waals surface area contributed by atoms with Gasteiger partial charge in [0.2, 0.25) is 0 Å². The van der Waals surface area contributed by atoms with E-state index in [1.54, 1.807) is 12.1 Å². The van der Waals surface area contributed by atoms with Gasteiger partial charge in [0.1, 0.15) is 0 Å². The molecule has 4 heteroatoms. The average molecular weight is 282 g/mol. The maximum absolute atomic E-state index is 10.8. The van der Waals surface area contributed by atoms with Gasteiger partial charge in [-0.25, -0.2) is 0 Å². The van der Waals surface area contributed by atoms with Gasteiger partial charge in [0.25, 0.3) is 5.69 Å². The molecule has 0 heterocycles. The van der Waals surface area contributed by atoms with Crippen molar-refractivity contribution in [3.63, 3.8) is 0 Å². The second kappa shape index (κ2) is 6.06. The van der Waals surface area contributed by atoms with Crippen LogP contribution in [0.25, 0.3) is 0 Å². The van der Waals surface area contributed by atoms with E-state index in [2.05, 4.69) is 29.6 Å². The van der Waals surface area contributed by atoms with Crippen LogP contribution in [0.15, 0.2) is 48.5 Å². The number of benzene rings is 2. The maximum Gasteiger partial charge on any atom is 0.269 e. The summed E-state index contributed by atoms with van der Waals surface area (Å²) >= 11 is 0. The summed E-state index contributed by atoms with van der Waals surface area (Å²) in [6.45, 7) is 0.653. The third-order valence-electron chi connectivity index (χ3n) is 4.04. The molecule has 1 aliphatic rings. The molecule has 0 spiro atoms. The van der Waals surface area contributed by atoms with Crippen LogP contribution in [0.5, 0.6) is 0 Å². The molecule has 4 nitrogen and oxygen atoms in total. The molecule has 0 amide bonds. The lowest BCUT2D eigenvalue weighted by atomic mass is 9.87. The van der Waals surface area contributed by atoms with Crippen molar-refractivity contribution in [1.82, 2.24) is 5.32 Å². The summed E-state index contributed by atoms with van der Waals surface area (Å²) in [5.74, 6) is 0. The third-order valence-corrected chi connectivity index (χ3v) is 4.04. The monoisotopic (exact) mass is 282 g/mol. The number of nitrogens with zero attached hydrogens (tertiary/aromatic N) is 1. The topological polar surface area (TPSA) is 55.2 Å². The normalized spacial score (nSPS) is 17.2. The summed E-state index contributed by atoms with van der Waals surface area (Å²) in [4.78, 5) is 10.5. The first-order valence-electron chi connectivity index (χ1n) is 7.28. The highest BCUT2D eigenvalue weighted by atomic mass is 16.6. The fraction of sp³-hybridized carbons (Fsp3) is 0.294. The first-order valence-corrected chi connectivity index (χ1v) is 7.28. The highest BCUT2D eigenvalue weighted by Gasteiger charge is 2.19. The highest BCUT2D eigenvalue weighted by molar-refractivity contribution is 5.35. The Morgan fingerprint density at radius 2 is 2.05 bits per heavy atom. The fourth-order valence-corrected chi connectivity index (χ4v) is 2.99. The number of hydrogen-bond acceptors (Lipinski definition) is 3. The number of nitrogens with one attached hydrogen (secondary N) is 1. The molecular weight excluding hydrogens is 264 g/mol. The number of aryl methyl sites for hydroxylation is 1. The largest absolute Gasteiger partial charge is 0.306 e. The Kier molecular flexibility index (Phi) is 3.97. The van der Waals surface area contributed by atoms with Crippen LogP contribution < -0.4 is 5.32 Å². The summed E-state index contributed by atoms with van der Waals surface area (Å²) in [6, 6.07) is 15.7. The third kappa shape index (κ3) is 3.11. The van der Waals surface area contributed by atoms with Crippen LogP contribution >= 0.6 is 0 Å². The SMILES string of the molecule is O=[N+]([O-])c1cccc(CN[C@@H]2CCCc3ccccc32)c1. The van der Waals surface area contributed by atoms with E-state index in [1.807, 2.05) is 6.07 Å². The van der Waals surface area contributed by atoms with Crippen LogP contribution in [-0.4, -0.2) is 4.92 Å². The van der Waals surface area contributed by atoms with E-state index in [0.29, 0.717) is 12.6 Å². The van der Waals surface area contributed by atoms with Gasteiger partial charge in [0, 0.05) is 24.7 Å². The molecule has 0 unspecified atom stereocenters. The summed E-state index contributed by atoms with van der Waals surface area (Å²) < 4.78 is 0. The lowest BCUT2D eigenvalue weighted by Crippen LogP contribution is -2.24. The zero-order chi connectivity index (χ0) is 14.7. The minimum absolute atomic E-state index is 0.151. The zero-order valence-corrected chi connectivity index (χ0v) is 11.8. The standard InChI is InChI=1S/C17H18N2O2/c20-19(21)15-8-3-5-13(11-15)12-18-17-10-4-7-14-6-1-2-9-16(14)17/h1-3,5-6,8-9,11,17-18H,4,7,10,12H2/t17-/m1/s1. The Balaban J connectivity index is 1.71. The van der Waals surface area contributed by atoms with Crippen molar-refractivity contribution in [2.45, 2.75) is 31.8 Å². The second-order valence-corrected chi connectivity index (χ2v) is 5.45. The molecule has 0 saturated heterocycles. The molecule has 21 heavy (non-hydrogen) atoms. The molecule has 3 rings (SSSR count). The van der Waals surface area contributed by atoms with Crippen LogP contribution in [0.4, 0.5) is 5.69 Å². The van der Waals surface area contributed by atoms with Gasteiger partial charge in [-0.1, -0.05) is 36.4 Å². The van der Waals surface area contributed by atoms with E-state index < -0.39 is 0 Å². The van der Waals surface area contributed by atoms with Gasteiger partial charge < -0.3 is 5.32 Å². The molecule has 2 aromatic rings. The van der Waals surface area contributed by atoms with E-state index in [4.69, 9.17) is 0 Å². The molecule has 1 atom stereocenters. The quantitative estimate of drug-likeness (QED) is 0.686. The van der Waals surface area contributed by atoms with Crippen molar-refractivity contribution in [1.29, 1.82) is 0 Å². The first kappa shape index (κ1) is 13.8. The van der Waals surface area contributed by atoms with Crippen LogP contribution in [0, 0.1) is 10.1 Å². The van der Waals surface area contributed by atoms with Gasteiger partial charge in [0.15, 0.2) is 0 Å². The van der Waals surface area contributed by atoms with Gasteiger partial charge in [-0.15, -0.1) is 0 Å². The molecule has 1 N–H and O–H groups in total. The summed E-state index contributed by atoms with van der Waals surface area (Å²) in [6.07, 6.45) is 3.45. The zero-order valence-electron chi connectivity index (χ0n) is 11.8. The molecule has 0 fully saturated rings. The molecule has 0 aromatic heterocycles. The predicted molar refractivity (Wildman–Crippen MR) is 82.1 cm³/mol. The van der Waals surface area contributed by atoms with E-state index in [-0.39, 0.29) is 10.6 Å². The fourth-order valence-electron chi connectivity index (χ4n) is 2.99. The Morgan fingerprint density at radius 1 is 1.19 bits per heavy atom. The van der Waals surface area contributed by atoms with Gasteiger partial charge in [0.05, 0.1) is 4.92 Å². The van der Waals surface area contributed by atoms with Crippen molar-refractivity contribution in [2.24, 2.45) is 0 Å². The lowest BCUT2D eigenvalue weighted by molar-refractivity contribution is -0.384. The van der Waals surface area contributed by atoms with Crippen LogP contribution in [-0.2, 0) is 13.0 Å². The van der Waals surface area contributed by atoms with E-state index in [1.165, 1.54) is 23.6 Å². The Bertz CT molecular complexity index is 655. The summed E-state index contributed by atoms with van der Waals surface area (Å²) in [7, 11) is 0. The molecule has 0 bridgehead atoms. The minimum Gasteiger partial charge on any atom is -0.306 e. The molecule has 0 saturated carbocycles. The van der Waals surface area contributed by atoms with Crippen molar-refractivity contribution in [3.8, 4) is 0 Å².